The summed E-state index contributed by atoms with van der Waals surface area (Å²) in [6, 6.07) is 11.4. The Bertz CT molecular complexity index is 518. The molecular formula is C13H9FO2. The molecule has 2 rings (SSSR count). The predicted octanol–water partition coefficient (Wildman–Crippen LogP) is 2.76. The van der Waals surface area contributed by atoms with Gasteiger partial charge >= 0.3 is 0 Å². The largest absolute Gasteiger partial charge is 0.508 e. The second-order valence-electron chi connectivity index (χ2n) is 3.39. The molecule has 0 aliphatic heterocycles. The van der Waals surface area contributed by atoms with Gasteiger partial charge in [0.15, 0.2) is 5.78 Å². The van der Waals surface area contributed by atoms with Gasteiger partial charge in [-0.1, -0.05) is 12.1 Å². The lowest BCUT2D eigenvalue weighted by atomic mass is 10.0. The lowest BCUT2D eigenvalue weighted by Crippen LogP contribution is -2.01. The Hall–Kier alpha value is -2.16. The highest BCUT2D eigenvalue weighted by molar-refractivity contribution is 6.08. The van der Waals surface area contributed by atoms with Crippen molar-refractivity contribution in [3.8, 4) is 5.75 Å². The maximum atomic E-state index is 12.9. The summed E-state index contributed by atoms with van der Waals surface area (Å²) in [6.07, 6.45) is 0. The molecule has 0 fully saturated rings. The highest BCUT2D eigenvalue weighted by atomic mass is 19.1. The summed E-state index contributed by atoms with van der Waals surface area (Å²) in [5.41, 5.74) is 0.717. The van der Waals surface area contributed by atoms with Gasteiger partial charge in [0, 0.05) is 11.1 Å². The topological polar surface area (TPSA) is 37.3 Å². The lowest BCUT2D eigenvalue weighted by molar-refractivity contribution is 0.103. The fraction of sp³-hybridized carbons (Fsp3) is 0. The molecule has 80 valence electrons. The van der Waals surface area contributed by atoms with Gasteiger partial charge in [-0.25, -0.2) is 4.39 Å². The van der Waals surface area contributed by atoms with E-state index >= 15 is 0 Å². The van der Waals surface area contributed by atoms with Gasteiger partial charge in [-0.3, -0.25) is 4.79 Å². The van der Waals surface area contributed by atoms with E-state index < -0.39 is 5.82 Å². The Kier molecular flexibility index (Phi) is 2.68. The molecule has 0 heterocycles. The third kappa shape index (κ3) is 2.08. The Morgan fingerprint density at radius 1 is 1.00 bits per heavy atom. The van der Waals surface area contributed by atoms with Crippen LogP contribution >= 0.6 is 0 Å². The molecule has 0 saturated heterocycles. The minimum atomic E-state index is -0.440. The van der Waals surface area contributed by atoms with Gasteiger partial charge in [0.25, 0.3) is 0 Å². The molecule has 3 heteroatoms. The standard InChI is InChI=1S/C13H9FO2/c14-11-3-1-2-10(8-11)13(16)9-4-6-12(15)7-5-9/h1-8,15H. The molecule has 2 aromatic rings. The fourth-order valence-corrected chi connectivity index (χ4v) is 1.41. The highest BCUT2D eigenvalue weighted by Gasteiger charge is 2.09. The molecule has 16 heavy (non-hydrogen) atoms. The summed E-state index contributed by atoms with van der Waals surface area (Å²) in [4.78, 5) is 11.9. The Morgan fingerprint density at radius 3 is 2.31 bits per heavy atom. The van der Waals surface area contributed by atoms with Crippen molar-refractivity contribution >= 4 is 5.78 Å². The third-order valence-corrected chi connectivity index (χ3v) is 2.22. The van der Waals surface area contributed by atoms with Crippen LogP contribution in [0.3, 0.4) is 0 Å². The van der Waals surface area contributed by atoms with Crippen LogP contribution in [0.25, 0.3) is 0 Å². The van der Waals surface area contributed by atoms with Gasteiger partial charge in [-0.05, 0) is 36.4 Å². The quantitative estimate of drug-likeness (QED) is 0.784. The molecule has 0 saturated carbocycles. The summed E-state index contributed by atoms with van der Waals surface area (Å²) in [5, 5.41) is 9.08. The summed E-state index contributed by atoms with van der Waals surface area (Å²) in [7, 11) is 0. The van der Waals surface area contributed by atoms with E-state index in [4.69, 9.17) is 5.11 Å². The molecule has 0 aliphatic carbocycles. The van der Waals surface area contributed by atoms with E-state index in [9.17, 15) is 9.18 Å². The summed E-state index contributed by atoms with van der Waals surface area (Å²) in [5.74, 6) is -0.611. The predicted molar refractivity (Wildman–Crippen MR) is 57.9 cm³/mol. The van der Waals surface area contributed by atoms with Gasteiger partial charge in [-0.2, -0.15) is 0 Å². The second-order valence-corrected chi connectivity index (χ2v) is 3.39. The van der Waals surface area contributed by atoms with Crippen LogP contribution in [0.4, 0.5) is 4.39 Å². The number of phenolic OH excluding ortho intramolecular Hbond substituents is 1. The third-order valence-electron chi connectivity index (χ3n) is 2.22. The fourth-order valence-electron chi connectivity index (χ4n) is 1.41. The molecule has 0 bridgehead atoms. The van der Waals surface area contributed by atoms with E-state index in [1.165, 1.54) is 42.5 Å². The first-order valence-corrected chi connectivity index (χ1v) is 4.76. The first kappa shape index (κ1) is 10.4. The summed E-state index contributed by atoms with van der Waals surface area (Å²) < 4.78 is 12.9. The first-order chi connectivity index (χ1) is 7.66. The molecule has 2 aromatic carbocycles. The van der Waals surface area contributed by atoms with Crippen LogP contribution in [0, 0.1) is 5.82 Å². The number of halogens is 1. The van der Waals surface area contributed by atoms with Crippen LogP contribution in [0.2, 0.25) is 0 Å². The molecule has 0 amide bonds. The molecular weight excluding hydrogens is 207 g/mol. The highest BCUT2D eigenvalue weighted by Crippen LogP contribution is 2.14. The molecule has 0 unspecified atom stereocenters. The van der Waals surface area contributed by atoms with Crippen molar-refractivity contribution in [3.05, 3.63) is 65.5 Å². The summed E-state index contributed by atoms with van der Waals surface area (Å²) in [6.45, 7) is 0. The molecule has 2 nitrogen and oxygen atoms in total. The van der Waals surface area contributed by atoms with Crippen molar-refractivity contribution in [2.45, 2.75) is 0 Å². The zero-order chi connectivity index (χ0) is 11.5. The van der Waals surface area contributed by atoms with Crippen LogP contribution in [-0.2, 0) is 0 Å². The molecule has 1 N–H and O–H groups in total. The minimum absolute atomic E-state index is 0.0933. The smallest absolute Gasteiger partial charge is 0.193 e. The maximum Gasteiger partial charge on any atom is 0.193 e. The molecule has 0 atom stereocenters. The Labute approximate surface area is 92.0 Å². The van der Waals surface area contributed by atoms with E-state index in [-0.39, 0.29) is 11.5 Å². The number of carbonyl (C=O) groups is 1. The van der Waals surface area contributed by atoms with E-state index in [2.05, 4.69) is 0 Å². The van der Waals surface area contributed by atoms with Gasteiger partial charge in [0.05, 0.1) is 0 Å². The van der Waals surface area contributed by atoms with E-state index in [0.717, 1.165) is 0 Å². The van der Waals surface area contributed by atoms with Crippen LogP contribution in [-0.4, -0.2) is 10.9 Å². The summed E-state index contributed by atoms with van der Waals surface area (Å²) >= 11 is 0. The van der Waals surface area contributed by atoms with Crippen LogP contribution in [0.15, 0.2) is 48.5 Å². The van der Waals surface area contributed by atoms with Crippen molar-refractivity contribution in [2.24, 2.45) is 0 Å². The SMILES string of the molecule is O=C(c1ccc(O)cc1)c1cccc(F)c1. The van der Waals surface area contributed by atoms with Crippen molar-refractivity contribution in [1.29, 1.82) is 0 Å². The van der Waals surface area contributed by atoms with Gasteiger partial charge in [0.2, 0.25) is 0 Å². The Balaban J connectivity index is 2.35. The number of rotatable bonds is 2. The number of ketones is 1. The Morgan fingerprint density at radius 2 is 1.69 bits per heavy atom. The van der Waals surface area contributed by atoms with Crippen molar-refractivity contribution < 1.29 is 14.3 Å². The van der Waals surface area contributed by atoms with E-state index in [0.29, 0.717) is 11.1 Å². The monoisotopic (exact) mass is 216 g/mol. The number of phenols is 1. The lowest BCUT2D eigenvalue weighted by Gasteiger charge is -2.01. The van der Waals surface area contributed by atoms with Crippen molar-refractivity contribution in [3.63, 3.8) is 0 Å². The average Bonchev–Trinajstić information content (AvgIpc) is 2.29. The first-order valence-electron chi connectivity index (χ1n) is 4.76. The van der Waals surface area contributed by atoms with Gasteiger partial charge in [0.1, 0.15) is 11.6 Å². The van der Waals surface area contributed by atoms with Crippen LogP contribution in [0.1, 0.15) is 15.9 Å². The van der Waals surface area contributed by atoms with Crippen molar-refractivity contribution in [2.75, 3.05) is 0 Å². The van der Waals surface area contributed by atoms with Crippen molar-refractivity contribution in [1.82, 2.24) is 0 Å². The number of benzene rings is 2. The number of hydrogen-bond acceptors (Lipinski definition) is 2. The van der Waals surface area contributed by atoms with Gasteiger partial charge < -0.3 is 5.11 Å². The number of aromatic hydroxyl groups is 1. The van der Waals surface area contributed by atoms with E-state index in [1.54, 1.807) is 6.07 Å². The number of hydrogen-bond donors (Lipinski definition) is 1. The minimum Gasteiger partial charge on any atom is -0.508 e. The normalized spacial score (nSPS) is 10.1. The number of carbonyl (C=O) groups excluding carboxylic acids is 1. The van der Waals surface area contributed by atoms with E-state index in [1.807, 2.05) is 0 Å². The second kappa shape index (κ2) is 4.14. The molecule has 0 aliphatic rings. The molecule has 0 spiro atoms. The van der Waals surface area contributed by atoms with Crippen LogP contribution < -0.4 is 0 Å². The van der Waals surface area contributed by atoms with Crippen LogP contribution in [0.5, 0.6) is 5.75 Å². The maximum absolute atomic E-state index is 12.9. The average molecular weight is 216 g/mol. The van der Waals surface area contributed by atoms with Gasteiger partial charge in [-0.15, -0.1) is 0 Å². The zero-order valence-corrected chi connectivity index (χ0v) is 8.35. The molecule has 0 radical (unpaired) electrons. The molecule has 0 aromatic heterocycles. The zero-order valence-electron chi connectivity index (χ0n) is 8.35.